The van der Waals surface area contributed by atoms with Crippen LogP contribution in [-0.4, -0.2) is 39.6 Å². The van der Waals surface area contributed by atoms with Crippen molar-refractivity contribution in [3.05, 3.63) is 47.4 Å². The van der Waals surface area contributed by atoms with Gasteiger partial charge in [-0.25, -0.2) is 9.37 Å². The van der Waals surface area contributed by atoms with Crippen LogP contribution >= 0.6 is 0 Å². The monoisotopic (exact) mass is 422 g/mol. The molecule has 1 aliphatic carbocycles. The molecule has 31 heavy (non-hydrogen) atoms. The molecule has 3 aromatic rings. The van der Waals surface area contributed by atoms with E-state index in [4.69, 9.17) is 4.74 Å². The van der Waals surface area contributed by atoms with E-state index in [0.29, 0.717) is 40.2 Å². The van der Waals surface area contributed by atoms with Gasteiger partial charge in [-0.05, 0) is 31.1 Å². The van der Waals surface area contributed by atoms with E-state index < -0.39 is 11.7 Å². The molecular weight excluding hydrogens is 403 g/mol. The summed E-state index contributed by atoms with van der Waals surface area (Å²) in [6.45, 7) is 0. The lowest BCUT2D eigenvalue weighted by atomic mass is 10.1. The molecule has 0 spiro atoms. The standard InChI is InChI=1S/C21H19FN6O3/c1-31-14-4-5-16(15(22)8-14)25-17-9-18(24-13-2-3-13)28-20(26-17)12(10-23-28)6-11-7-19(29)27-21(11)30/h4-6,8-10,13,24H,2-3,7H2,1H3,(H,25,26)(H,27,29,30)/b11-6+. The highest BCUT2D eigenvalue weighted by Crippen LogP contribution is 2.30. The number of nitrogens with zero attached hydrogens (tertiary/aromatic N) is 3. The maximum Gasteiger partial charge on any atom is 0.254 e. The van der Waals surface area contributed by atoms with Crippen LogP contribution in [0.4, 0.5) is 21.7 Å². The molecular formula is C21H19FN6O3. The molecule has 0 unspecified atom stereocenters. The van der Waals surface area contributed by atoms with Crippen molar-refractivity contribution in [3.8, 4) is 5.75 Å². The average Bonchev–Trinajstić information content (AvgIpc) is 3.38. The SMILES string of the molecule is COc1ccc(Nc2cc(NC3CC3)n3ncc(/C=C4\CC(=O)NC4=O)c3n2)c(F)c1. The molecule has 1 aliphatic heterocycles. The van der Waals surface area contributed by atoms with Crippen molar-refractivity contribution in [3.63, 3.8) is 0 Å². The Labute approximate surface area is 176 Å². The lowest BCUT2D eigenvalue weighted by Gasteiger charge is -2.12. The van der Waals surface area contributed by atoms with Gasteiger partial charge in [0.1, 0.15) is 23.2 Å². The summed E-state index contributed by atoms with van der Waals surface area (Å²) in [4.78, 5) is 28.0. The van der Waals surface area contributed by atoms with Crippen LogP contribution in [0.5, 0.6) is 5.75 Å². The molecule has 9 nitrogen and oxygen atoms in total. The van der Waals surface area contributed by atoms with Crippen LogP contribution in [-0.2, 0) is 9.59 Å². The zero-order valence-electron chi connectivity index (χ0n) is 16.6. The van der Waals surface area contributed by atoms with Gasteiger partial charge in [0.2, 0.25) is 5.91 Å². The quantitative estimate of drug-likeness (QED) is 0.414. The van der Waals surface area contributed by atoms with E-state index in [1.165, 1.54) is 13.2 Å². The highest BCUT2D eigenvalue weighted by Gasteiger charge is 2.26. The number of aromatic nitrogens is 3. The van der Waals surface area contributed by atoms with E-state index in [0.717, 1.165) is 12.8 Å². The lowest BCUT2D eigenvalue weighted by Crippen LogP contribution is -2.19. The molecule has 2 amide bonds. The van der Waals surface area contributed by atoms with Crippen LogP contribution in [0, 0.1) is 5.82 Å². The third-order valence-electron chi connectivity index (χ3n) is 5.09. The molecule has 0 bridgehead atoms. The number of hydrogen-bond acceptors (Lipinski definition) is 7. The largest absolute Gasteiger partial charge is 0.497 e. The molecule has 3 heterocycles. The number of ether oxygens (including phenoxy) is 1. The van der Waals surface area contributed by atoms with Crippen LogP contribution in [0.15, 0.2) is 36.0 Å². The summed E-state index contributed by atoms with van der Waals surface area (Å²) in [6.07, 6.45) is 5.31. The molecule has 1 saturated carbocycles. The number of nitrogens with one attached hydrogen (secondary N) is 3. The van der Waals surface area contributed by atoms with Gasteiger partial charge in [-0.15, -0.1) is 0 Å². The number of benzene rings is 1. The smallest absolute Gasteiger partial charge is 0.254 e. The molecule has 2 fully saturated rings. The number of amides is 2. The Bertz CT molecular complexity index is 1250. The molecule has 0 radical (unpaired) electrons. The van der Waals surface area contributed by atoms with Gasteiger partial charge in [0.25, 0.3) is 5.91 Å². The number of carbonyl (C=O) groups excluding carboxylic acids is 2. The fraction of sp³-hybridized carbons (Fsp3) is 0.238. The van der Waals surface area contributed by atoms with Crippen molar-refractivity contribution in [1.29, 1.82) is 0 Å². The fourth-order valence-electron chi connectivity index (χ4n) is 3.36. The molecule has 1 aromatic carbocycles. The number of imide groups is 1. The maximum atomic E-state index is 14.4. The van der Waals surface area contributed by atoms with E-state index in [1.807, 2.05) is 0 Å². The zero-order chi connectivity index (χ0) is 21.5. The van der Waals surface area contributed by atoms with Crippen LogP contribution in [0.25, 0.3) is 11.7 Å². The van der Waals surface area contributed by atoms with Crippen molar-refractivity contribution >= 4 is 40.9 Å². The Morgan fingerprint density at radius 3 is 2.81 bits per heavy atom. The van der Waals surface area contributed by atoms with Gasteiger partial charge in [0, 0.05) is 29.3 Å². The third-order valence-corrected chi connectivity index (χ3v) is 5.09. The number of rotatable bonds is 6. The first-order valence-corrected chi connectivity index (χ1v) is 9.81. The summed E-state index contributed by atoms with van der Waals surface area (Å²) in [6, 6.07) is 6.61. The molecule has 10 heteroatoms. The van der Waals surface area contributed by atoms with Crippen LogP contribution in [0.3, 0.4) is 0 Å². The summed E-state index contributed by atoms with van der Waals surface area (Å²) < 4.78 is 21.1. The van der Waals surface area contributed by atoms with Gasteiger partial charge in [0.15, 0.2) is 5.65 Å². The number of hydrogen-bond donors (Lipinski definition) is 3. The Balaban J connectivity index is 1.56. The zero-order valence-corrected chi connectivity index (χ0v) is 16.6. The summed E-state index contributed by atoms with van der Waals surface area (Å²) in [5.74, 6) is 0.281. The fourth-order valence-corrected chi connectivity index (χ4v) is 3.36. The van der Waals surface area contributed by atoms with Crippen molar-refractivity contribution in [2.24, 2.45) is 0 Å². The predicted octanol–water partition coefficient (Wildman–Crippen LogP) is 2.62. The number of halogens is 1. The minimum absolute atomic E-state index is 0.0123. The van der Waals surface area contributed by atoms with E-state index >= 15 is 0 Å². The van der Waals surface area contributed by atoms with Gasteiger partial charge in [-0.3, -0.25) is 14.9 Å². The molecule has 3 N–H and O–H groups in total. The highest BCUT2D eigenvalue weighted by molar-refractivity contribution is 6.15. The van der Waals surface area contributed by atoms with E-state index in [2.05, 4.69) is 26.0 Å². The first-order valence-electron chi connectivity index (χ1n) is 9.81. The van der Waals surface area contributed by atoms with Crippen molar-refractivity contribution in [2.45, 2.75) is 25.3 Å². The summed E-state index contributed by atoms with van der Waals surface area (Å²) >= 11 is 0. The van der Waals surface area contributed by atoms with E-state index in [-0.39, 0.29) is 18.0 Å². The molecule has 0 atom stereocenters. The van der Waals surface area contributed by atoms with Gasteiger partial charge < -0.3 is 15.4 Å². The van der Waals surface area contributed by atoms with Crippen LogP contribution in [0.1, 0.15) is 24.8 Å². The highest BCUT2D eigenvalue weighted by atomic mass is 19.1. The van der Waals surface area contributed by atoms with Crippen LogP contribution < -0.4 is 20.7 Å². The second-order valence-corrected chi connectivity index (χ2v) is 7.47. The molecule has 1 saturated heterocycles. The van der Waals surface area contributed by atoms with Gasteiger partial charge in [0.05, 0.1) is 25.4 Å². The summed E-state index contributed by atoms with van der Waals surface area (Å²) in [7, 11) is 1.47. The molecule has 2 aromatic heterocycles. The number of carbonyl (C=O) groups is 2. The maximum absolute atomic E-state index is 14.4. The predicted molar refractivity (Wildman–Crippen MR) is 112 cm³/mol. The normalized spacial score (nSPS) is 17.3. The Morgan fingerprint density at radius 1 is 1.29 bits per heavy atom. The van der Waals surface area contributed by atoms with Crippen molar-refractivity contribution in [2.75, 3.05) is 17.7 Å². The van der Waals surface area contributed by atoms with Gasteiger partial charge >= 0.3 is 0 Å². The summed E-state index contributed by atoms with van der Waals surface area (Å²) in [5.41, 5.74) is 1.65. The van der Waals surface area contributed by atoms with Crippen molar-refractivity contribution in [1.82, 2.24) is 19.9 Å². The minimum atomic E-state index is -0.477. The van der Waals surface area contributed by atoms with Gasteiger partial charge in [-0.2, -0.15) is 9.61 Å². The molecule has 2 aliphatic rings. The number of fused-ring (bicyclic) bond motifs is 1. The first-order chi connectivity index (χ1) is 15.0. The first kappa shape index (κ1) is 19.0. The van der Waals surface area contributed by atoms with Crippen molar-refractivity contribution < 1.29 is 18.7 Å². The number of anilines is 3. The summed E-state index contributed by atoms with van der Waals surface area (Å²) in [5, 5.41) is 13.0. The molecule has 158 valence electrons. The van der Waals surface area contributed by atoms with Gasteiger partial charge in [-0.1, -0.05) is 0 Å². The Kier molecular flexibility index (Phi) is 4.54. The lowest BCUT2D eigenvalue weighted by molar-refractivity contribution is -0.124. The topological polar surface area (TPSA) is 110 Å². The molecule has 5 rings (SSSR count). The Morgan fingerprint density at radius 2 is 2.13 bits per heavy atom. The second-order valence-electron chi connectivity index (χ2n) is 7.47. The van der Waals surface area contributed by atoms with E-state index in [1.54, 1.807) is 35.0 Å². The average molecular weight is 422 g/mol. The Hall–Kier alpha value is -3.95. The van der Waals surface area contributed by atoms with E-state index in [9.17, 15) is 14.0 Å². The third kappa shape index (κ3) is 3.79. The minimum Gasteiger partial charge on any atom is -0.497 e. The number of methoxy groups -OCH3 is 1. The van der Waals surface area contributed by atoms with Crippen LogP contribution in [0.2, 0.25) is 0 Å². The second kappa shape index (κ2) is 7.38.